The molecule has 2 N–H and O–H groups in total. The van der Waals surface area contributed by atoms with Gasteiger partial charge in [-0.3, -0.25) is 0 Å². The van der Waals surface area contributed by atoms with E-state index < -0.39 is 11.6 Å². The first-order valence-corrected chi connectivity index (χ1v) is 5.69. The van der Waals surface area contributed by atoms with Gasteiger partial charge in [0.2, 0.25) is 0 Å². The number of esters is 1. The largest absolute Gasteiger partial charge is 0.467 e. The second-order valence-electron chi connectivity index (χ2n) is 4.56. The quantitative estimate of drug-likeness (QED) is 0.768. The topological polar surface area (TPSA) is 61.8 Å². The van der Waals surface area contributed by atoms with E-state index in [1.54, 1.807) is 0 Å². The number of hydrogen-bond donors (Lipinski definition) is 2. The second kappa shape index (κ2) is 5.73. The predicted molar refractivity (Wildman–Crippen MR) is 71.9 cm³/mol. The molecule has 5 nitrogen and oxygen atoms in total. The molecule has 0 aromatic heterocycles. The monoisotopic (exact) mass is 252 g/mol. The minimum atomic E-state index is -1.53. The van der Waals surface area contributed by atoms with Crippen molar-refractivity contribution in [3.63, 3.8) is 0 Å². The highest BCUT2D eigenvalue weighted by molar-refractivity contribution is 5.79. The summed E-state index contributed by atoms with van der Waals surface area (Å²) in [5.74, 6) is -0.653. The fourth-order valence-corrected chi connectivity index (χ4v) is 1.44. The van der Waals surface area contributed by atoms with Crippen LogP contribution in [0.15, 0.2) is 24.3 Å². The molecule has 1 unspecified atom stereocenters. The van der Waals surface area contributed by atoms with Crippen molar-refractivity contribution < 1.29 is 14.6 Å². The Balaban J connectivity index is 2.61. The average Bonchev–Trinajstić information content (AvgIpc) is 2.35. The van der Waals surface area contributed by atoms with Crippen LogP contribution in [0.4, 0.5) is 11.4 Å². The molecule has 0 heterocycles. The zero-order chi connectivity index (χ0) is 13.8. The van der Waals surface area contributed by atoms with Gasteiger partial charge < -0.3 is 20.1 Å². The van der Waals surface area contributed by atoms with Gasteiger partial charge in [-0.2, -0.15) is 0 Å². The minimum absolute atomic E-state index is 0.0982. The first-order valence-electron chi connectivity index (χ1n) is 5.69. The van der Waals surface area contributed by atoms with Gasteiger partial charge in [-0.05, 0) is 31.2 Å². The maximum absolute atomic E-state index is 11.3. The van der Waals surface area contributed by atoms with Crippen LogP contribution >= 0.6 is 0 Å². The van der Waals surface area contributed by atoms with Crippen LogP contribution in [0.3, 0.4) is 0 Å². The van der Waals surface area contributed by atoms with Crippen molar-refractivity contribution in [3.8, 4) is 0 Å². The number of aliphatic hydroxyl groups is 1. The number of carbonyl (C=O) groups is 1. The Morgan fingerprint density at radius 3 is 2.39 bits per heavy atom. The van der Waals surface area contributed by atoms with Crippen molar-refractivity contribution in [2.24, 2.45) is 0 Å². The molecule has 1 rings (SSSR count). The van der Waals surface area contributed by atoms with Crippen molar-refractivity contribution in [2.45, 2.75) is 12.5 Å². The zero-order valence-corrected chi connectivity index (χ0v) is 11.2. The molecule has 0 spiro atoms. The number of methoxy groups -OCH3 is 1. The Kier molecular flexibility index (Phi) is 4.55. The molecular weight excluding hydrogens is 232 g/mol. The summed E-state index contributed by atoms with van der Waals surface area (Å²) in [5, 5.41) is 12.8. The summed E-state index contributed by atoms with van der Waals surface area (Å²) in [4.78, 5) is 13.3. The number of nitrogens with one attached hydrogen (secondary N) is 1. The van der Waals surface area contributed by atoms with Crippen LogP contribution in [-0.2, 0) is 9.53 Å². The number of ether oxygens (including phenoxy) is 1. The highest BCUT2D eigenvalue weighted by Gasteiger charge is 2.30. The molecule has 18 heavy (non-hydrogen) atoms. The summed E-state index contributed by atoms with van der Waals surface area (Å²) in [7, 11) is 5.18. The lowest BCUT2D eigenvalue weighted by molar-refractivity contribution is -0.158. The van der Waals surface area contributed by atoms with Crippen molar-refractivity contribution >= 4 is 17.3 Å². The Morgan fingerprint density at radius 1 is 1.39 bits per heavy atom. The molecule has 0 amide bonds. The van der Waals surface area contributed by atoms with Gasteiger partial charge in [-0.15, -0.1) is 0 Å². The van der Waals surface area contributed by atoms with Crippen LogP contribution < -0.4 is 10.2 Å². The maximum atomic E-state index is 11.3. The third kappa shape index (κ3) is 3.63. The molecule has 0 aliphatic heterocycles. The van der Waals surface area contributed by atoms with E-state index >= 15 is 0 Å². The molecule has 0 fully saturated rings. The fourth-order valence-electron chi connectivity index (χ4n) is 1.44. The summed E-state index contributed by atoms with van der Waals surface area (Å²) >= 11 is 0. The van der Waals surface area contributed by atoms with E-state index in [4.69, 9.17) is 0 Å². The van der Waals surface area contributed by atoms with Gasteiger partial charge >= 0.3 is 5.97 Å². The first kappa shape index (κ1) is 14.3. The summed E-state index contributed by atoms with van der Waals surface area (Å²) < 4.78 is 4.52. The Morgan fingerprint density at radius 2 is 1.94 bits per heavy atom. The standard InChI is InChI=1S/C13H20N2O3/c1-13(17,12(16)18-4)9-14-10-5-7-11(8-6-10)15(2)3/h5-8,14,17H,9H2,1-4H3. The molecule has 100 valence electrons. The first-order chi connectivity index (χ1) is 8.36. The molecule has 0 saturated heterocycles. The third-order valence-corrected chi connectivity index (χ3v) is 2.65. The van der Waals surface area contributed by atoms with Gasteiger partial charge in [0.1, 0.15) is 0 Å². The van der Waals surface area contributed by atoms with E-state index in [9.17, 15) is 9.90 Å². The second-order valence-corrected chi connectivity index (χ2v) is 4.56. The van der Waals surface area contributed by atoms with Crippen LogP contribution in [0.1, 0.15) is 6.92 Å². The van der Waals surface area contributed by atoms with E-state index in [1.165, 1.54) is 14.0 Å². The van der Waals surface area contributed by atoms with Crippen molar-refractivity contribution in [1.82, 2.24) is 0 Å². The number of anilines is 2. The van der Waals surface area contributed by atoms with Crippen LogP contribution in [0, 0.1) is 0 Å². The zero-order valence-electron chi connectivity index (χ0n) is 11.2. The summed E-state index contributed by atoms with van der Waals surface area (Å²) in [6, 6.07) is 7.69. The Hall–Kier alpha value is -1.75. The van der Waals surface area contributed by atoms with Crippen LogP contribution in [0.5, 0.6) is 0 Å². The minimum Gasteiger partial charge on any atom is -0.467 e. The SMILES string of the molecule is COC(=O)C(C)(O)CNc1ccc(N(C)C)cc1. The maximum Gasteiger partial charge on any atom is 0.339 e. The van der Waals surface area contributed by atoms with Crippen LogP contribution in [-0.4, -0.2) is 44.4 Å². The summed E-state index contributed by atoms with van der Waals surface area (Å²) in [6.07, 6.45) is 0. The predicted octanol–water partition coefficient (Wildman–Crippen LogP) is 1.09. The van der Waals surface area contributed by atoms with Gasteiger partial charge in [0.05, 0.1) is 13.7 Å². The van der Waals surface area contributed by atoms with Gasteiger partial charge in [-0.25, -0.2) is 4.79 Å². The van der Waals surface area contributed by atoms with Gasteiger partial charge in [0.25, 0.3) is 0 Å². The number of rotatable bonds is 5. The van der Waals surface area contributed by atoms with Crippen molar-refractivity contribution in [2.75, 3.05) is 38.0 Å². The van der Waals surface area contributed by atoms with Gasteiger partial charge in [0.15, 0.2) is 5.60 Å². The Bertz CT molecular complexity index is 399. The molecule has 5 heteroatoms. The molecule has 1 atom stereocenters. The number of nitrogens with zero attached hydrogens (tertiary/aromatic N) is 1. The van der Waals surface area contributed by atoms with E-state index in [1.807, 2.05) is 43.3 Å². The smallest absolute Gasteiger partial charge is 0.339 e. The van der Waals surface area contributed by atoms with E-state index in [0.29, 0.717) is 0 Å². The molecular formula is C13H20N2O3. The lowest BCUT2D eigenvalue weighted by Gasteiger charge is -2.21. The van der Waals surface area contributed by atoms with Gasteiger partial charge in [-0.1, -0.05) is 0 Å². The lowest BCUT2D eigenvalue weighted by Crippen LogP contribution is -2.42. The fraction of sp³-hybridized carbons (Fsp3) is 0.462. The van der Waals surface area contributed by atoms with Gasteiger partial charge in [0, 0.05) is 25.5 Å². The van der Waals surface area contributed by atoms with E-state index in [-0.39, 0.29) is 6.54 Å². The number of carbonyl (C=O) groups excluding carboxylic acids is 1. The highest BCUT2D eigenvalue weighted by atomic mass is 16.5. The number of hydrogen-bond acceptors (Lipinski definition) is 5. The molecule has 0 bridgehead atoms. The Labute approximate surface area is 107 Å². The highest BCUT2D eigenvalue weighted by Crippen LogP contribution is 2.16. The number of benzene rings is 1. The van der Waals surface area contributed by atoms with Crippen LogP contribution in [0.25, 0.3) is 0 Å². The van der Waals surface area contributed by atoms with E-state index in [2.05, 4.69) is 10.1 Å². The van der Waals surface area contributed by atoms with Crippen molar-refractivity contribution in [1.29, 1.82) is 0 Å². The van der Waals surface area contributed by atoms with E-state index in [0.717, 1.165) is 11.4 Å². The third-order valence-electron chi connectivity index (χ3n) is 2.65. The summed E-state index contributed by atoms with van der Waals surface area (Å²) in [5.41, 5.74) is 0.389. The lowest BCUT2D eigenvalue weighted by atomic mass is 10.1. The average molecular weight is 252 g/mol. The van der Waals surface area contributed by atoms with Crippen LogP contribution in [0.2, 0.25) is 0 Å². The molecule has 0 aliphatic rings. The molecule has 1 aromatic carbocycles. The molecule has 0 aliphatic carbocycles. The molecule has 1 aromatic rings. The van der Waals surface area contributed by atoms with Crippen molar-refractivity contribution in [3.05, 3.63) is 24.3 Å². The molecule has 0 radical (unpaired) electrons. The molecule has 0 saturated carbocycles. The summed E-state index contributed by atoms with van der Waals surface area (Å²) in [6.45, 7) is 1.51. The normalized spacial score (nSPS) is 13.6.